The molecule has 156 valence electrons. The van der Waals surface area contributed by atoms with Crippen molar-refractivity contribution < 1.29 is 26.4 Å². The average Bonchev–Trinajstić information content (AvgIpc) is 2.69. The van der Waals surface area contributed by atoms with E-state index >= 15 is 0 Å². The Morgan fingerprint density at radius 3 is 2.21 bits per heavy atom. The molecule has 1 aliphatic heterocycles. The van der Waals surface area contributed by atoms with Crippen LogP contribution in [0, 0.1) is 24.4 Å². The van der Waals surface area contributed by atoms with Crippen molar-refractivity contribution in [1.29, 1.82) is 0 Å². The number of nitrogens with one attached hydrogen (secondary N) is 1. The van der Waals surface area contributed by atoms with Gasteiger partial charge in [0.25, 0.3) is 0 Å². The third-order valence-electron chi connectivity index (χ3n) is 4.67. The highest BCUT2D eigenvalue weighted by molar-refractivity contribution is 7.89. The summed E-state index contributed by atoms with van der Waals surface area (Å²) in [6.07, 6.45) is 0. The van der Waals surface area contributed by atoms with E-state index in [1.165, 1.54) is 4.31 Å². The maximum absolute atomic E-state index is 13.7. The Kier molecular flexibility index (Phi) is 6.25. The van der Waals surface area contributed by atoms with Gasteiger partial charge in [0.1, 0.15) is 0 Å². The van der Waals surface area contributed by atoms with E-state index in [0.717, 1.165) is 17.7 Å². The van der Waals surface area contributed by atoms with Crippen molar-refractivity contribution in [2.75, 3.05) is 38.0 Å². The van der Waals surface area contributed by atoms with Crippen molar-refractivity contribution in [3.05, 3.63) is 59.4 Å². The number of hydrogen-bond acceptors (Lipinski definition) is 4. The van der Waals surface area contributed by atoms with Crippen molar-refractivity contribution in [1.82, 2.24) is 9.21 Å². The Balaban J connectivity index is 1.56. The molecule has 0 atom stereocenters. The molecule has 3 rings (SSSR count). The lowest BCUT2D eigenvalue weighted by Crippen LogP contribution is -2.50. The van der Waals surface area contributed by atoms with Crippen LogP contribution >= 0.6 is 0 Å². The molecule has 6 nitrogen and oxygen atoms in total. The summed E-state index contributed by atoms with van der Waals surface area (Å²) in [6, 6.07) is 8.23. The molecule has 0 unspecified atom stereocenters. The minimum atomic E-state index is -3.61. The number of anilines is 1. The van der Waals surface area contributed by atoms with E-state index in [0.29, 0.717) is 13.1 Å². The van der Waals surface area contributed by atoms with Crippen LogP contribution in [0.3, 0.4) is 0 Å². The highest BCUT2D eigenvalue weighted by Gasteiger charge is 2.29. The molecule has 2 aromatic carbocycles. The van der Waals surface area contributed by atoms with Crippen LogP contribution in [0.2, 0.25) is 0 Å². The van der Waals surface area contributed by atoms with E-state index in [4.69, 9.17) is 0 Å². The highest BCUT2D eigenvalue weighted by atomic mass is 32.2. The number of benzene rings is 2. The second-order valence-corrected chi connectivity index (χ2v) is 8.70. The van der Waals surface area contributed by atoms with Crippen LogP contribution in [-0.2, 0) is 14.8 Å². The maximum atomic E-state index is 13.7. The van der Waals surface area contributed by atoms with Crippen LogP contribution < -0.4 is 5.32 Å². The van der Waals surface area contributed by atoms with Gasteiger partial charge in [-0.25, -0.2) is 21.6 Å². The Hall–Kier alpha value is -2.43. The Morgan fingerprint density at radius 2 is 1.59 bits per heavy atom. The number of hydrogen-bond donors (Lipinski definition) is 1. The number of halogens is 3. The summed E-state index contributed by atoms with van der Waals surface area (Å²) in [5.41, 5.74) is 0.506. The molecule has 0 spiro atoms. The molecule has 1 heterocycles. The summed E-state index contributed by atoms with van der Waals surface area (Å²) >= 11 is 0. The summed E-state index contributed by atoms with van der Waals surface area (Å²) in [7, 11) is -3.61. The molecule has 1 fully saturated rings. The highest BCUT2D eigenvalue weighted by Crippen LogP contribution is 2.20. The molecule has 2 aromatic rings. The van der Waals surface area contributed by atoms with Crippen LogP contribution in [0.15, 0.2) is 41.3 Å². The van der Waals surface area contributed by atoms with Crippen molar-refractivity contribution >= 4 is 21.6 Å². The molecule has 10 heteroatoms. The van der Waals surface area contributed by atoms with Crippen molar-refractivity contribution in [2.24, 2.45) is 0 Å². The van der Waals surface area contributed by atoms with E-state index in [1.807, 2.05) is 6.92 Å². The van der Waals surface area contributed by atoms with Gasteiger partial charge in [-0.1, -0.05) is 17.7 Å². The third-order valence-corrected chi connectivity index (χ3v) is 6.58. The lowest BCUT2D eigenvalue weighted by Gasteiger charge is -2.33. The first-order valence-corrected chi connectivity index (χ1v) is 10.3. The van der Waals surface area contributed by atoms with Crippen molar-refractivity contribution in [3.63, 3.8) is 0 Å². The van der Waals surface area contributed by atoms with Crippen LogP contribution in [0.25, 0.3) is 0 Å². The monoisotopic (exact) mass is 427 g/mol. The van der Waals surface area contributed by atoms with Gasteiger partial charge >= 0.3 is 0 Å². The molecule has 0 aromatic heterocycles. The third kappa shape index (κ3) is 4.77. The van der Waals surface area contributed by atoms with E-state index in [-0.39, 0.29) is 24.5 Å². The van der Waals surface area contributed by atoms with Crippen LogP contribution in [0.1, 0.15) is 5.56 Å². The topological polar surface area (TPSA) is 69.7 Å². The number of sulfonamides is 1. The number of amides is 1. The summed E-state index contributed by atoms with van der Waals surface area (Å²) in [5, 5.41) is 2.20. The first kappa shape index (κ1) is 21.3. The molecule has 1 aliphatic rings. The molecule has 0 aliphatic carbocycles. The van der Waals surface area contributed by atoms with Gasteiger partial charge in [0.15, 0.2) is 17.5 Å². The SMILES string of the molecule is Cc1ccc(S(=O)(=O)N2CCN(CC(=O)Nc3ccc(F)c(F)c3F)CC2)cc1. The van der Waals surface area contributed by atoms with Gasteiger partial charge in [-0.15, -0.1) is 0 Å². The maximum Gasteiger partial charge on any atom is 0.243 e. The molecule has 1 amide bonds. The minimum absolute atomic E-state index is 0.128. The van der Waals surface area contributed by atoms with Gasteiger partial charge in [0.05, 0.1) is 17.1 Å². The van der Waals surface area contributed by atoms with E-state index in [2.05, 4.69) is 5.32 Å². The van der Waals surface area contributed by atoms with Crippen molar-refractivity contribution in [3.8, 4) is 0 Å². The molecule has 1 saturated heterocycles. The fourth-order valence-electron chi connectivity index (χ4n) is 3.00. The van der Waals surface area contributed by atoms with E-state index in [1.54, 1.807) is 29.2 Å². The Labute approximate surface area is 167 Å². The van der Waals surface area contributed by atoms with Gasteiger partial charge in [-0.2, -0.15) is 4.31 Å². The fourth-order valence-corrected chi connectivity index (χ4v) is 4.42. The Bertz CT molecular complexity index is 1010. The quantitative estimate of drug-likeness (QED) is 0.744. The van der Waals surface area contributed by atoms with Crippen LogP contribution in [0.4, 0.5) is 18.9 Å². The summed E-state index contributed by atoms with van der Waals surface area (Å²) < 4.78 is 66.6. The number of piperazine rings is 1. The van der Waals surface area contributed by atoms with Gasteiger partial charge in [0, 0.05) is 26.2 Å². The first-order valence-electron chi connectivity index (χ1n) is 8.91. The molecule has 0 radical (unpaired) electrons. The second kappa shape index (κ2) is 8.52. The van der Waals surface area contributed by atoms with Gasteiger partial charge in [-0.3, -0.25) is 9.69 Å². The van der Waals surface area contributed by atoms with Crippen molar-refractivity contribution in [2.45, 2.75) is 11.8 Å². The van der Waals surface area contributed by atoms with E-state index in [9.17, 15) is 26.4 Å². The molecule has 0 bridgehead atoms. The molecule has 1 N–H and O–H groups in total. The standard InChI is InChI=1S/C19H20F3N3O3S/c1-13-2-4-14(5-3-13)29(27,28)25-10-8-24(9-11-25)12-17(26)23-16-7-6-15(20)18(21)19(16)22/h2-7H,8-12H2,1H3,(H,23,26). The predicted molar refractivity (Wildman–Crippen MR) is 101 cm³/mol. The molecule has 29 heavy (non-hydrogen) atoms. The average molecular weight is 427 g/mol. The zero-order valence-electron chi connectivity index (χ0n) is 15.7. The molecule has 0 saturated carbocycles. The van der Waals surface area contributed by atoms with Gasteiger partial charge in [-0.05, 0) is 31.2 Å². The predicted octanol–water partition coefficient (Wildman–Crippen LogP) is 2.36. The normalized spacial score (nSPS) is 16.0. The fraction of sp³-hybridized carbons (Fsp3) is 0.316. The number of aryl methyl sites for hydroxylation is 1. The van der Waals surface area contributed by atoms with Gasteiger partial charge < -0.3 is 5.32 Å². The zero-order valence-corrected chi connectivity index (χ0v) is 16.5. The number of nitrogens with zero attached hydrogens (tertiary/aromatic N) is 2. The van der Waals surface area contributed by atoms with Crippen LogP contribution in [0.5, 0.6) is 0 Å². The minimum Gasteiger partial charge on any atom is -0.322 e. The zero-order chi connectivity index (χ0) is 21.2. The smallest absolute Gasteiger partial charge is 0.243 e. The second-order valence-electron chi connectivity index (χ2n) is 6.76. The summed E-state index contributed by atoms with van der Waals surface area (Å²) in [6.45, 7) is 2.74. The molecular weight excluding hydrogens is 407 g/mol. The molecular formula is C19H20F3N3O3S. The lowest BCUT2D eigenvalue weighted by molar-refractivity contribution is -0.117. The number of carbonyl (C=O) groups excluding carboxylic acids is 1. The number of rotatable bonds is 5. The first-order chi connectivity index (χ1) is 13.7. The summed E-state index contributed by atoms with van der Waals surface area (Å²) in [4.78, 5) is 14.0. The lowest BCUT2D eigenvalue weighted by atomic mass is 10.2. The van der Waals surface area contributed by atoms with E-state index < -0.39 is 39.1 Å². The largest absolute Gasteiger partial charge is 0.322 e. The summed E-state index contributed by atoms with van der Waals surface area (Å²) in [5.74, 6) is -5.07. The van der Waals surface area contributed by atoms with Gasteiger partial charge in [0.2, 0.25) is 15.9 Å². The Morgan fingerprint density at radius 1 is 0.966 bits per heavy atom. The van der Waals surface area contributed by atoms with Crippen LogP contribution in [-0.4, -0.2) is 56.3 Å². The number of carbonyl (C=O) groups is 1.